The normalized spacial score (nSPS) is 29.6. The van der Waals surface area contributed by atoms with E-state index >= 15 is 0 Å². The minimum Gasteiger partial charge on any atom is -0.377 e. The third-order valence-corrected chi connectivity index (χ3v) is 6.04. The van der Waals surface area contributed by atoms with E-state index < -0.39 is 10.2 Å². The largest absolute Gasteiger partial charge is 0.377 e. The van der Waals surface area contributed by atoms with Crippen LogP contribution < -0.4 is 10.0 Å². The molecule has 3 atom stereocenters. The van der Waals surface area contributed by atoms with Crippen molar-refractivity contribution in [1.29, 1.82) is 0 Å². The highest BCUT2D eigenvalue weighted by Crippen LogP contribution is 2.20. The number of nitrogens with zero attached hydrogens (tertiary/aromatic N) is 1. The fraction of sp³-hybridized carbons (Fsp3) is 1.00. The third-order valence-electron chi connectivity index (χ3n) is 4.36. The highest BCUT2D eigenvalue weighted by molar-refractivity contribution is 7.87. The number of hydrogen-bond donors (Lipinski definition) is 2. The molecular weight excluding hydrogens is 290 g/mol. The second-order valence-corrected chi connectivity index (χ2v) is 7.84. The van der Waals surface area contributed by atoms with E-state index in [0.717, 1.165) is 45.4 Å². The summed E-state index contributed by atoms with van der Waals surface area (Å²) in [4.78, 5) is 0. The number of hydrogen-bond acceptors (Lipinski definition) is 4. The van der Waals surface area contributed by atoms with Gasteiger partial charge in [-0.15, -0.1) is 0 Å². The minimum atomic E-state index is -3.40. The zero-order valence-electron chi connectivity index (χ0n) is 13.2. The van der Waals surface area contributed by atoms with Gasteiger partial charge in [-0.1, -0.05) is 6.92 Å². The molecule has 2 saturated heterocycles. The quantitative estimate of drug-likeness (QED) is 0.725. The van der Waals surface area contributed by atoms with Gasteiger partial charge in [0, 0.05) is 25.7 Å². The van der Waals surface area contributed by atoms with Crippen LogP contribution in [0.5, 0.6) is 0 Å². The summed E-state index contributed by atoms with van der Waals surface area (Å²) < 4.78 is 35.0. The molecule has 2 aliphatic heterocycles. The summed E-state index contributed by atoms with van der Waals surface area (Å²) in [6.07, 6.45) is 4.01. The van der Waals surface area contributed by atoms with Crippen LogP contribution in [0, 0.1) is 5.92 Å². The van der Waals surface area contributed by atoms with E-state index in [9.17, 15) is 8.42 Å². The maximum atomic E-state index is 12.5. The standard InChI is InChI=1S/C14H29N3O3S/c1-3-15-10-13-6-4-8-17(11-13)21(18,19)16-12(2)14-7-5-9-20-14/h12-16H,3-11H2,1-2H3. The molecule has 0 amide bonds. The lowest BCUT2D eigenvalue weighted by atomic mass is 10.00. The Hall–Kier alpha value is -0.210. The average molecular weight is 319 g/mol. The second-order valence-electron chi connectivity index (χ2n) is 6.14. The summed E-state index contributed by atoms with van der Waals surface area (Å²) in [5.74, 6) is 0.410. The highest BCUT2D eigenvalue weighted by atomic mass is 32.2. The molecule has 2 N–H and O–H groups in total. The average Bonchev–Trinajstić information content (AvgIpc) is 2.99. The van der Waals surface area contributed by atoms with Crippen LogP contribution in [0.25, 0.3) is 0 Å². The van der Waals surface area contributed by atoms with E-state index in [1.165, 1.54) is 0 Å². The summed E-state index contributed by atoms with van der Waals surface area (Å²) in [5.41, 5.74) is 0. The van der Waals surface area contributed by atoms with Gasteiger partial charge in [0.05, 0.1) is 6.10 Å². The van der Waals surface area contributed by atoms with Gasteiger partial charge in [0.15, 0.2) is 0 Å². The van der Waals surface area contributed by atoms with Crippen LogP contribution in [-0.4, -0.2) is 57.7 Å². The van der Waals surface area contributed by atoms with Gasteiger partial charge in [-0.3, -0.25) is 0 Å². The molecule has 2 fully saturated rings. The third kappa shape index (κ3) is 4.89. The molecule has 7 heteroatoms. The fourth-order valence-electron chi connectivity index (χ4n) is 3.14. The lowest BCUT2D eigenvalue weighted by Crippen LogP contribution is -2.51. The van der Waals surface area contributed by atoms with Gasteiger partial charge in [-0.2, -0.15) is 17.4 Å². The van der Waals surface area contributed by atoms with Gasteiger partial charge >= 0.3 is 0 Å². The van der Waals surface area contributed by atoms with Crippen LogP contribution in [0.2, 0.25) is 0 Å². The molecule has 2 aliphatic rings. The van der Waals surface area contributed by atoms with E-state index in [0.29, 0.717) is 19.0 Å². The van der Waals surface area contributed by atoms with Crippen LogP contribution in [0.15, 0.2) is 0 Å². The zero-order valence-corrected chi connectivity index (χ0v) is 14.0. The Morgan fingerprint density at radius 3 is 2.81 bits per heavy atom. The lowest BCUT2D eigenvalue weighted by Gasteiger charge is -2.33. The van der Waals surface area contributed by atoms with E-state index in [1.807, 2.05) is 6.92 Å². The van der Waals surface area contributed by atoms with Crippen LogP contribution >= 0.6 is 0 Å². The predicted molar refractivity (Wildman–Crippen MR) is 83.3 cm³/mol. The van der Waals surface area contributed by atoms with Gasteiger partial charge in [-0.05, 0) is 51.6 Å². The topological polar surface area (TPSA) is 70.7 Å². The maximum absolute atomic E-state index is 12.5. The molecule has 124 valence electrons. The number of nitrogens with one attached hydrogen (secondary N) is 2. The Labute approximate surface area is 128 Å². The number of piperidine rings is 1. The van der Waals surface area contributed by atoms with Gasteiger partial charge < -0.3 is 10.1 Å². The summed E-state index contributed by atoms with van der Waals surface area (Å²) in [6.45, 7) is 7.76. The molecule has 0 aromatic rings. The smallest absolute Gasteiger partial charge is 0.279 e. The molecule has 2 heterocycles. The summed E-state index contributed by atoms with van der Waals surface area (Å²) in [7, 11) is -3.40. The molecule has 0 aromatic heterocycles. The zero-order chi connectivity index (χ0) is 15.3. The van der Waals surface area contributed by atoms with E-state index in [1.54, 1.807) is 4.31 Å². The van der Waals surface area contributed by atoms with Gasteiger partial charge in [0.1, 0.15) is 0 Å². The first kappa shape index (κ1) is 17.1. The van der Waals surface area contributed by atoms with Crippen LogP contribution in [0.4, 0.5) is 0 Å². The van der Waals surface area contributed by atoms with E-state index in [2.05, 4.69) is 17.0 Å². The van der Waals surface area contributed by atoms with Crippen molar-refractivity contribution in [3.63, 3.8) is 0 Å². The Kier molecular flexibility index (Phi) is 6.43. The van der Waals surface area contributed by atoms with Crippen LogP contribution in [0.3, 0.4) is 0 Å². The highest BCUT2D eigenvalue weighted by Gasteiger charge is 2.32. The maximum Gasteiger partial charge on any atom is 0.279 e. The van der Waals surface area contributed by atoms with Crippen LogP contribution in [0.1, 0.15) is 39.5 Å². The summed E-state index contributed by atoms with van der Waals surface area (Å²) in [5, 5.41) is 3.31. The second kappa shape index (κ2) is 7.87. The first-order chi connectivity index (χ1) is 10.0. The minimum absolute atomic E-state index is 0.0159. The van der Waals surface area contributed by atoms with Crippen molar-refractivity contribution in [2.75, 3.05) is 32.8 Å². The van der Waals surface area contributed by atoms with Crippen molar-refractivity contribution in [2.24, 2.45) is 5.92 Å². The number of rotatable bonds is 7. The molecule has 0 bridgehead atoms. The SMILES string of the molecule is CCNCC1CCCN(S(=O)(=O)NC(C)C2CCCO2)C1. The van der Waals surface area contributed by atoms with Crippen molar-refractivity contribution >= 4 is 10.2 Å². The molecule has 0 spiro atoms. The molecule has 3 unspecified atom stereocenters. The van der Waals surface area contributed by atoms with Crippen molar-refractivity contribution in [3.05, 3.63) is 0 Å². The molecule has 0 aliphatic carbocycles. The molecule has 0 aromatic carbocycles. The van der Waals surface area contributed by atoms with E-state index in [-0.39, 0.29) is 12.1 Å². The van der Waals surface area contributed by atoms with Gasteiger partial charge in [0.2, 0.25) is 0 Å². The van der Waals surface area contributed by atoms with Crippen molar-refractivity contribution in [2.45, 2.75) is 51.7 Å². The van der Waals surface area contributed by atoms with Gasteiger partial charge in [-0.25, -0.2) is 0 Å². The molecule has 6 nitrogen and oxygen atoms in total. The molecule has 0 saturated carbocycles. The Bertz CT molecular complexity index is 410. The Morgan fingerprint density at radius 1 is 1.33 bits per heavy atom. The molecular formula is C14H29N3O3S. The van der Waals surface area contributed by atoms with Crippen molar-refractivity contribution < 1.29 is 13.2 Å². The lowest BCUT2D eigenvalue weighted by molar-refractivity contribution is 0.0894. The van der Waals surface area contributed by atoms with E-state index in [4.69, 9.17) is 4.74 Å². The first-order valence-electron chi connectivity index (χ1n) is 8.12. The first-order valence-corrected chi connectivity index (χ1v) is 9.56. The molecule has 0 radical (unpaired) electrons. The Balaban J connectivity index is 1.88. The summed E-state index contributed by atoms with van der Waals surface area (Å²) in [6, 6.07) is -0.161. The Morgan fingerprint density at radius 2 is 2.14 bits per heavy atom. The predicted octanol–water partition coefficient (Wildman–Crippen LogP) is 0.710. The number of ether oxygens (including phenoxy) is 1. The molecule has 2 rings (SSSR count). The van der Waals surface area contributed by atoms with Gasteiger partial charge in [0.25, 0.3) is 10.2 Å². The monoisotopic (exact) mass is 319 g/mol. The van der Waals surface area contributed by atoms with Crippen molar-refractivity contribution in [1.82, 2.24) is 14.3 Å². The van der Waals surface area contributed by atoms with Crippen molar-refractivity contribution in [3.8, 4) is 0 Å². The summed E-state index contributed by atoms with van der Waals surface area (Å²) >= 11 is 0. The molecule has 21 heavy (non-hydrogen) atoms. The fourth-order valence-corrected chi connectivity index (χ4v) is 4.69. The van der Waals surface area contributed by atoms with Crippen LogP contribution in [-0.2, 0) is 14.9 Å².